The number of nitrogens with zero attached hydrogens (tertiary/aromatic N) is 3. The number of benzene rings is 1. The van der Waals surface area contributed by atoms with E-state index in [-0.39, 0.29) is 5.95 Å². The first-order valence-corrected chi connectivity index (χ1v) is 6.13. The molecule has 7 heteroatoms. The highest BCUT2D eigenvalue weighted by Gasteiger charge is 2.07. The molecular weight excluding hydrogens is 256 g/mol. The van der Waals surface area contributed by atoms with Crippen molar-refractivity contribution in [3.63, 3.8) is 0 Å². The average molecular weight is 272 g/mol. The highest BCUT2D eigenvalue weighted by atomic mass is 16.2. The fourth-order valence-electron chi connectivity index (χ4n) is 1.55. The van der Waals surface area contributed by atoms with E-state index in [0.717, 1.165) is 17.0 Å². The Morgan fingerprint density at radius 2 is 2.00 bits per heavy atom. The van der Waals surface area contributed by atoms with Gasteiger partial charge in [-0.1, -0.05) is 12.1 Å². The number of urea groups is 1. The zero-order valence-corrected chi connectivity index (χ0v) is 11.3. The van der Waals surface area contributed by atoms with E-state index in [1.54, 1.807) is 26.0 Å². The molecule has 0 bridgehead atoms. The summed E-state index contributed by atoms with van der Waals surface area (Å²) in [7, 11) is 0. The SMILES string of the molecule is Cc1nnc(NC(=O)Nc2cccc(CN)c2)nc1C. The summed E-state index contributed by atoms with van der Waals surface area (Å²) in [6.45, 7) is 4.02. The third-order valence-corrected chi connectivity index (χ3v) is 2.74. The van der Waals surface area contributed by atoms with Crippen molar-refractivity contribution in [2.75, 3.05) is 10.6 Å². The van der Waals surface area contributed by atoms with Gasteiger partial charge in [0.15, 0.2) is 0 Å². The summed E-state index contributed by atoms with van der Waals surface area (Å²) >= 11 is 0. The number of nitrogens with two attached hydrogens (primary N) is 1. The minimum Gasteiger partial charge on any atom is -0.326 e. The predicted octanol–water partition coefficient (Wildman–Crippen LogP) is 1.59. The van der Waals surface area contributed by atoms with E-state index in [9.17, 15) is 4.79 Å². The Morgan fingerprint density at radius 3 is 2.70 bits per heavy atom. The van der Waals surface area contributed by atoms with E-state index in [1.165, 1.54) is 0 Å². The van der Waals surface area contributed by atoms with Gasteiger partial charge >= 0.3 is 6.03 Å². The van der Waals surface area contributed by atoms with Crippen LogP contribution in [0.1, 0.15) is 17.0 Å². The molecular formula is C13H16N6O. The van der Waals surface area contributed by atoms with E-state index in [0.29, 0.717) is 12.2 Å². The summed E-state index contributed by atoms with van der Waals surface area (Å²) in [5, 5.41) is 12.9. The normalized spacial score (nSPS) is 10.2. The van der Waals surface area contributed by atoms with Gasteiger partial charge in [0.05, 0.1) is 11.4 Å². The number of aryl methyl sites for hydroxylation is 2. The first-order chi connectivity index (χ1) is 9.58. The molecule has 2 rings (SSSR count). The van der Waals surface area contributed by atoms with Crippen molar-refractivity contribution in [1.29, 1.82) is 0 Å². The molecule has 0 atom stereocenters. The van der Waals surface area contributed by atoms with Crippen molar-refractivity contribution < 1.29 is 4.79 Å². The smallest absolute Gasteiger partial charge is 0.326 e. The minimum atomic E-state index is -0.427. The maximum Gasteiger partial charge on any atom is 0.326 e. The lowest BCUT2D eigenvalue weighted by Gasteiger charge is -2.08. The van der Waals surface area contributed by atoms with Crippen LogP contribution in [-0.4, -0.2) is 21.2 Å². The van der Waals surface area contributed by atoms with Gasteiger partial charge in [-0.15, -0.1) is 5.10 Å². The van der Waals surface area contributed by atoms with E-state index >= 15 is 0 Å². The zero-order chi connectivity index (χ0) is 14.5. The van der Waals surface area contributed by atoms with Crippen molar-refractivity contribution in [3.8, 4) is 0 Å². The van der Waals surface area contributed by atoms with Gasteiger partial charge in [-0.3, -0.25) is 5.32 Å². The second kappa shape index (κ2) is 6.07. The highest BCUT2D eigenvalue weighted by Crippen LogP contribution is 2.10. The molecule has 0 unspecified atom stereocenters. The van der Waals surface area contributed by atoms with Gasteiger partial charge in [0.1, 0.15) is 0 Å². The molecule has 4 N–H and O–H groups in total. The summed E-state index contributed by atoms with van der Waals surface area (Å²) < 4.78 is 0. The fraction of sp³-hybridized carbons (Fsp3) is 0.231. The summed E-state index contributed by atoms with van der Waals surface area (Å²) in [4.78, 5) is 15.9. The number of carbonyl (C=O) groups excluding carboxylic acids is 1. The van der Waals surface area contributed by atoms with Crippen LogP contribution in [0.4, 0.5) is 16.4 Å². The molecule has 0 spiro atoms. The number of amides is 2. The van der Waals surface area contributed by atoms with E-state index in [2.05, 4.69) is 25.8 Å². The molecule has 0 fully saturated rings. The van der Waals surface area contributed by atoms with Crippen molar-refractivity contribution in [2.45, 2.75) is 20.4 Å². The molecule has 1 heterocycles. The van der Waals surface area contributed by atoms with Gasteiger partial charge in [-0.2, -0.15) is 5.10 Å². The van der Waals surface area contributed by atoms with Crippen molar-refractivity contribution >= 4 is 17.7 Å². The van der Waals surface area contributed by atoms with Crippen molar-refractivity contribution in [1.82, 2.24) is 15.2 Å². The summed E-state index contributed by atoms with van der Waals surface area (Å²) in [6, 6.07) is 6.87. The summed E-state index contributed by atoms with van der Waals surface area (Å²) in [6.07, 6.45) is 0. The van der Waals surface area contributed by atoms with Crippen LogP contribution in [0.25, 0.3) is 0 Å². The lowest BCUT2D eigenvalue weighted by atomic mass is 10.2. The Hall–Kier alpha value is -2.54. The van der Waals surface area contributed by atoms with Crippen LogP contribution in [0.2, 0.25) is 0 Å². The van der Waals surface area contributed by atoms with Gasteiger partial charge in [-0.25, -0.2) is 9.78 Å². The van der Waals surface area contributed by atoms with E-state index in [4.69, 9.17) is 5.73 Å². The Morgan fingerprint density at radius 1 is 1.20 bits per heavy atom. The van der Waals surface area contributed by atoms with Crippen LogP contribution in [-0.2, 0) is 6.54 Å². The number of hydrogen-bond acceptors (Lipinski definition) is 5. The maximum absolute atomic E-state index is 11.8. The van der Waals surface area contributed by atoms with E-state index < -0.39 is 6.03 Å². The topological polar surface area (TPSA) is 106 Å². The maximum atomic E-state index is 11.8. The number of rotatable bonds is 3. The molecule has 0 saturated carbocycles. The lowest BCUT2D eigenvalue weighted by Crippen LogP contribution is -2.21. The molecule has 0 aliphatic heterocycles. The average Bonchev–Trinajstić information content (AvgIpc) is 2.43. The molecule has 20 heavy (non-hydrogen) atoms. The molecule has 2 amide bonds. The van der Waals surface area contributed by atoms with Crippen molar-refractivity contribution in [2.24, 2.45) is 5.73 Å². The van der Waals surface area contributed by atoms with Crippen LogP contribution in [0.15, 0.2) is 24.3 Å². The monoisotopic (exact) mass is 272 g/mol. The predicted molar refractivity (Wildman–Crippen MR) is 76.3 cm³/mol. The number of nitrogens with one attached hydrogen (secondary N) is 2. The summed E-state index contributed by atoms with van der Waals surface area (Å²) in [5.41, 5.74) is 8.59. The molecule has 1 aromatic heterocycles. The quantitative estimate of drug-likeness (QED) is 0.786. The third kappa shape index (κ3) is 3.48. The Labute approximate surface area is 116 Å². The molecule has 0 radical (unpaired) electrons. The van der Waals surface area contributed by atoms with Crippen LogP contribution < -0.4 is 16.4 Å². The summed E-state index contributed by atoms with van der Waals surface area (Å²) in [5.74, 6) is 0.167. The Kier molecular flexibility index (Phi) is 4.21. The van der Waals surface area contributed by atoms with Gasteiger partial charge < -0.3 is 11.1 Å². The molecule has 2 aromatic rings. The molecule has 0 aliphatic rings. The van der Waals surface area contributed by atoms with Crippen LogP contribution in [0.5, 0.6) is 0 Å². The first kappa shape index (κ1) is 13.9. The van der Waals surface area contributed by atoms with Gasteiger partial charge in [0.2, 0.25) is 0 Å². The van der Waals surface area contributed by atoms with Gasteiger partial charge in [0.25, 0.3) is 5.95 Å². The Bertz CT molecular complexity index is 628. The van der Waals surface area contributed by atoms with E-state index in [1.807, 2.05) is 12.1 Å². The largest absolute Gasteiger partial charge is 0.326 e. The molecule has 104 valence electrons. The van der Waals surface area contributed by atoms with Crippen LogP contribution >= 0.6 is 0 Å². The number of hydrogen-bond donors (Lipinski definition) is 3. The fourth-order valence-corrected chi connectivity index (χ4v) is 1.55. The van der Waals surface area contributed by atoms with Crippen LogP contribution in [0.3, 0.4) is 0 Å². The zero-order valence-electron chi connectivity index (χ0n) is 11.3. The lowest BCUT2D eigenvalue weighted by molar-refractivity contribution is 0.262. The standard InChI is InChI=1S/C13H16N6O/c1-8-9(2)18-19-12(15-8)17-13(20)16-11-5-3-4-10(6-11)7-14/h3-6H,7,14H2,1-2H3,(H2,15,16,17,19,20). The van der Waals surface area contributed by atoms with Gasteiger partial charge in [0, 0.05) is 12.2 Å². The number of anilines is 2. The second-order valence-electron chi connectivity index (χ2n) is 4.29. The molecule has 0 saturated heterocycles. The number of carbonyl (C=O) groups is 1. The second-order valence-corrected chi connectivity index (χ2v) is 4.29. The van der Waals surface area contributed by atoms with Crippen molar-refractivity contribution in [3.05, 3.63) is 41.2 Å². The molecule has 1 aromatic carbocycles. The highest BCUT2D eigenvalue weighted by molar-refractivity contribution is 5.98. The first-order valence-electron chi connectivity index (χ1n) is 6.13. The molecule has 7 nitrogen and oxygen atoms in total. The third-order valence-electron chi connectivity index (χ3n) is 2.74. The van der Waals surface area contributed by atoms with Crippen LogP contribution in [0, 0.1) is 13.8 Å². The molecule has 0 aliphatic carbocycles. The Balaban J connectivity index is 2.03. The number of aromatic nitrogens is 3. The van der Waals surface area contributed by atoms with Gasteiger partial charge in [-0.05, 0) is 31.5 Å². The minimum absolute atomic E-state index is 0.167.